The molecule has 4 nitrogen and oxygen atoms in total. The smallest absolute Gasteiger partial charge is 0.230 e. The van der Waals surface area contributed by atoms with Crippen LogP contribution in [0.5, 0.6) is 0 Å². The Kier molecular flexibility index (Phi) is 5.72. The van der Waals surface area contributed by atoms with E-state index >= 15 is 0 Å². The first-order chi connectivity index (χ1) is 9.52. The third-order valence-electron chi connectivity index (χ3n) is 4.05. The second kappa shape index (κ2) is 7.06. The molecular formula is C16H23N3O. The minimum Gasteiger partial charge on any atom is -0.341 e. The molecule has 0 spiro atoms. The number of amides is 1. The predicted octanol–water partition coefficient (Wildman–Crippen LogP) is 2.28. The van der Waals surface area contributed by atoms with Gasteiger partial charge in [0.15, 0.2) is 0 Å². The summed E-state index contributed by atoms with van der Waals surface area (Å²) >= 11 is 0. The van der Waals surface area contributed by atoms with E-state index in [-0.39, 0.29) is 5.91 Å². The third kappa shape index (κ3) is 3.37. The topological polar surface area (TPSA) is 70.1 Å². The van der Waals surface area contributed by atoms with Crippen LogP contribution in [0.2, 0.25) is 0 Å². The Bertz CT molecular complexity index is 475. The molecule has 0 radical (unpaired) electrons. The first kappa shape index (κ1) is 16.2. The summed E-state index contributed by atoms with van der Waals surface area (Å²) in [7, 11) is 1.80. The lowest BCUT2D eigenvalue weighted by molar-refractivity contribution is -0.141. The van der Waals surface area contributed by atoms with Crippen molar-refractivity contribution < 1.29 is 4.79 Å². The molecule has 0 saturated carbocycles. The van der Waals surface area contributed by atoms with Crippen molar-refractivity contribution >= 4 is 5.91 Å². The number of nitrogens with zero attached hydrogens (tertiary/aromatic N) is 2. The van der Waals surface area contributed by atoms with Gasteiger partial charge in [0.2, 0.25) is 5.91 Å². The largest absolute Gasteiger partial charge is 0.341 e. The Labute approximate surface area is 121 Å². The molecule has 1 rings (SSSR count). The van der Waals surface area contributed by atoms with Crippen molar-refractivity contribution in [2.24, 2.45) is 11.1 Å². The second-order valence-electron chi connectivity index (χ2n) is 5.16. The molecule has 1 aromatic carbocycles. The van der Waals surface area contributed by atoms with Gasteiger partial charge in [0.1, 0.15) is 0 Å². The zero-order chi connectivity index (χ0) is 15.2. The minimum absolute atomic E-state index is 0.0920. The van der Waals surface area contributed by atoms with Crippen molar-refractivity contribution in [1.82, 2.24) is 4.90 Å². The molecule has 1 amide bonds. The summed E-state index contributed by atoms with van der Waals surface area (Å²) < 4.78 is 0. The second-order valence-corrected chi connectivity index (χ2v) is 5.16. The molecule has 0 atom stereocenters. The van der Waals surface area contributed by atoms with E-state index in [2.05, 4.69) is 6.07 Å². The zero-order valence-electron chi connectivity index (χ0n) is 12.5. The number of benzene rings is 1. The normalized spacial score (nSPS) is 10.9. The minimum atomic E-state index is -0.457. The Balaban J connectivity index is 2.81. The molecule has 0 fully saturated rings. The summed E-state index contributed by atoms with van der Waals surface area (Å²) in [6.45, 7) is 4.91. The molecule has 0 aromatic heterocycles. The molecule has 0 aliphatic rings. The number of carbonyl (C=O) groups is 1. The van der Waals surface area contributed by atoms with Gasteiger partial charge in [-0.15, -0.1) is 0 Å². The van der Waals surface area contributed by atoms with Crippen LogP contribution in [0.4, 0.5) is 0 Å². The van der Waals surface area contributed by atoms with Crippen molar-refractivity contribution in [1.29, 1.82) is 5.26 Å². The molecule has 0 heterocycles. The highest BCUT2D eigenvalue weighted by Gasteiger charge is 2.35. The molecule has 20 heavy (non-hydrogen) atoms. The average molecular weight is 273 g/mol. The quantitative estimate of drug-likeness (QED) is 0.864. The van der Waals surface area contributed by atoms with Gasteiger partial charge in [-0.25, -0.2) is 0 Å². The summed E-state index contributed by atoms with van der Waals surface area (Å²) in [6, 6.07) is 9.38. The Hall–Kier alpha value is -1.86. The molecule has 0 unspecified atom stereocenters. The number of nitrogens with two attached hydrogens (primary N) is 1. The van der Waals surface area contributed by atoms with Gasteiger partial charge in [-0.05, 0) is 30.5 Å². The average Bonchev–Trinajstić information content (AvgIpc) is 2.50. The molecular weight excluding hydrogens is 250 g/mol. The number of hydrogen-bond acceptors (Lipinski definition) is 3. The van der Waals surface area contributed by atoms with Gasteiger partial charge in [0.25, 0.3) is 0 Å². The lowest BCUT2D eigenvalue weighted by atomic mass is 9.81. The maximum absolute atomic E-state index is 12.6. The van der Waals surface area contributed by atoms with E-state index in [1.54, 1.807) is 24.1 Å². The number of hydrogen-bond donors (Lipinski definition) is 1. The molecule has 2 N–H and O–H groups in total. The molecule has 108 valence electrons. The fourth-order valence-electron chi connectivity index (χ4n) is 2.36. The maximum Gasteiger partial charge on any atom is 0.230 e. The first-order valence-corrected chi connectivity index (χ1v) is 6.97. The fraction of sp³-hybridized carbons (Fsp3) is 0.500. The molecule has 4 heteroatoms. The molecule has 1 aromatic rings. The van der Waals surface area contributed by atoms with Gasteiger partial charge in [-0.1, -0.05) is 26.0 Å². The number of nitriles is 1. The summed E-state index contributed by atoms with van der Waals surface area (Å²) in [4.78, 5) is 14.3. The van der Waals surface area contributed by atoms with Gasteiger partial charge in [0.05, 0.1) is 17.0 Å². The monoisotopic (exact) mass is 273 g/mol. The van der Waals surface area contributed by atoms with Gasteiger partial charge in [-0.3, -0.25) is 4.79 Å². The molecule has 0 saturated heterocycles. The summed E-state index contributed by atoms with van der Waals surface area (Å²) in [6.07, 6.45) is 1.49. The molecule has 0 aliphatic heterocycles. The van der Waals surface area contributed by atoms with Crippen LogP contribution in [0.15, 0.2) is 24.3 Å². The van der Waals surface area contributed by atoms with Gasteiger partial charge >= 0.3 is 0 Å². The van der Waals surface area contributed by atoms with Crippen molar-refractivity contribution in [2.45, 2.75) is 33.2 Å². The van der Waals surface area contributed by atoms with E-state index < -0.39 is 5.41 Å². The van der Waals surface area contributed by atoms with Crippen LogP contribution in [0.3, 0.4) is 0 Å². The Morgan fingerprint density at radius 1 is 1.30 bits per heavy atom. The van der Waals surface area contributed by atoms with Crippen molar-refractivity contribution in [3.8, 4) is 6.07 Å². The van der Waals surface area contributed by atoms with Crippen LogP contribution in [0.1, 0.15) is 37.8 Å². The van der Waals surface area contributed by atoms with E-state index in [4.69, 9.17) is 11.0 Å². The molecule has 0 aliphatic carbocycles. The zero-order valence-corrected chi connectivity index (χ0v) is 12.5. The number of carbonyl (C=O) groups excluding carboxylic acids is 1. The lowest BCUT2D eigenvalue weighted by Crippen LogP contribution is -2.45. The van der Waals surface area contributed by atoms with Crippen molar-refractivity contribution in [3.63, 3.8) is 0 Å². The van der Waals surface area contributed by atoms with E-state index in [0.717, 1.165) is 18.4 Å². The third-order valence-corrected chi connectivity index (χ3v) is 4.05. The van der Waals surface area contributed by atoms with Crippen molar-refractivity contribution in [3.05, 3.63) is 35.4 Å². The van der Waals surface area contributed by atoms with Gasteiger partial charge < -0.3 is 10.6 Å². The van der Waals surface area contributed by atoms with E-state index in [1.165, 1.54) is 0 Å². The predicted molar refractivity (Wildman–Crippen MR) is 79.7 cm³/mol. The summed E-state index contributed by atoms with van der Waals surface area (Å²) in [5.74, 6) is 0.0920. The molecule has 0 bridgehead atoms. The summed E-state index contributed by atoms with van der Waals surface area (Å²) in [5.41, 5.74) is 7.00. The van der Waals surface area contributed by atoms with Crippen LogP contribution in [0.25, 0.3) is 0 Å². The van der Waals surface area contributed by atoms with Gasteiger partial charge in [0, 0.05) is 20.1 Å². The highest BCUT2D eigenvalue weighted by atomic mass is 16.2. The number of rotatable bonds is 6. The highest BCUT2D eigenvalue weighted by molar-refractivity contribution is 5.82. The summed E-state index contributed by atoms with van der Waals surface area (Å²) in [5, 5.41) is 8.77. The maximum atomic E-state index is 12.6. The van der Waals surface area contributed by atoms with Crippen LogP contribution in [0, 0.1) is 16.7 Å². The van der Waals surface area contributed by atoms with E-state index in [1.807, 2.05) is 26.0 Å². The highest BCUT2D eigenvalue weighted by Crippen LogP contribution is 2.27. The van der Waals surface area contributed by atoms with Crippen LogP contribution in [-0.2, 0) is 11.3 Å². The SMILES string of the molecule is CCC(CC)(CN)C(=O)N(C)Cc1ccc(C#N)cc1. The standard InChI is InChI=1S/C16H23N3O/c1-4-16(5-2,12-18)15(20)19(3)11-14-8-6-13(10-17)7-9-14/h6-9H,4-5,11-12,18H2,1-3H3. The first-order valence-electron chi connectivity index (χ1n) is 6.97. The Morgan fingerprint density at radius 3 is 2.25 bits per heavy atom. The van der Waals surface area contributed by atoms with Crippen molar-refractivity contribution in [2.75, 3.05) is 13.6 Å². The van der Waals surface area contributed by atoms with Crippen LogP contribution < -0.4 is 5.73 Å². The Morgan fingerprint density at radius 2 is 1.85 bits per heavy atom. The lowest BCUT2D eigenvalue weighted by Gasteiger charge is -2.33. The van der Waals surface area contributed by atoms with E-state index in [9.17, 15) is 4.79 Å². The van der Waals surface area contributed by atoms with Gasteiger partial charge in [-0.2, -0.15) is 5.26 Å². The van der Waals surface area contributed by atoms with Crippen LogP contribution >= 0.6 is 0 Å². The fourth-order valence-corrected chi connectivity index (χ4v) is 2.36. The van der Waals surface area contributed by atoms with E-state index in [0.29, 0.717) is 18.7 Å². The van der Waals surface area contributed by atoms with Crippen LogP contribution in [-0.4, -0.2) is 24.4 Å².